The number of aliphatic hydroxyl groups is 1. The van der Waals surface area contributed by atoms with E-state index in [0.717, 1.165) is 114 Å². The monoisotopic (exact) mass is 1310 g/mol. The van der Waals surface area contributed by atoms with Gasteiger partial charge in [0.2, 0.25) is 0 Å². The van der Waals surface area contributed by atoms with Crippen LogP contribution in [0.4, 0.5) is 0 Å². The minimum absolute atomic E-state index is 0.104. The maximum atomic E-state index is 13.0. The van der Waals surface area contributed by atoms with Gasteiger partial charge in [0, 0.05) is 25.7 Å². The molecule has 0 heterocycles. The van der Waals surface area contributed by atoms with Gasteiger partial charge in [-0.15, -0.1) is 0 Å². The molecule has 0 aliphatic carbocycles. The zero-order valence-electron chi connectivity index (χ0n) is 58.1. The normalized spacial score (nSPS) is 14.9. The molecule has 89 heavy (non-hydrogen) atoms. The molecule has 0 saturated heterocycles. The molecule has 0 bridgehead atoms. The summed E-state index contributed by atoms with van der Waals surface area (Å²) in [6, 6.07) is 0. The maximum absolute atomic E-state index is 13.0. The average Bonchev–Trinajstić information content (AvgIpc) is 3.61. The van der Waals surface area contributed by atoms with E-state index in [-0.39, 0.29) is 25.7 Å². The number of carbonyl (C=O) groups excluding carboxylic acids is 4. The Bertz CT molecular complexity index is 1770. The number of rotatable bonds is 67. The largest absolute Gasteiger partial charge is 0.472 e. The molecule has 3 N–H and O–H groups in total. The lowest BCUT2D eigenvalue weighted by molar-refractivity contribution is -0.161. The van der Waals surface area contributed by atoms with Crippen molar-refractivity contribution < 1.29 is 80.2 Å². The highest BCUT2D eigenvalue weighted by atomic mass is 31.2. The van der Waals surface area contributed by atoms with E-state index in [0.29, 0.717) is 25.7 Å². The molecule has 19 heteroatoms. The van der Waals surface area contributed by atoms with Crippen LogP contribution in [0, 0.1) is 23.7 Å². The third kappa shape index (κ3) is 62.0. The van der Waals surface area contributed by atoms with Crippen LogP contribution in [0.1, 0.15) is 344 Å². The first-order valence-corrected chi connectivity index (χ1v) is 39.3. The molecule has 0 aromatic rings. The topological polar surface area (TPSA) is 237 Å². The van der Waals surface area contributed by atoms with E-state index in [4.69, 9.17) is 37.0 Å². The number of phosphoric acid groups is 2. The lowest BCUT2D eigenvalue weighted by atomic mass is 9.99. The fourth-order valence-corrected chi connectivity index (χ4v) is 12.0. The molecule has 0 saturated carbocycles. The van der Waals surface area contributed by atoms with Crippen molar-refractivity contribution in [1.29, 1.82) is 0 Å². The molecule has 0 aliphatic heterocycles. The second-order valence-corrected chi connectivity index (χ2v) is 29.6. The van der Waals surface area contributed by atoms with Crippen molar-refractivity contribution in [2.45, 2.75) is 363 Å². The van der Waals surface area contributed by atoms with E-state index >= 15 is 0 Å². The molecule has 0 spiro atoms. The van der Waals surface area contributed by atoms with Crippen LogP contribution < -0.4 is 0 Å². The number of unbranched alkanes of at least 4 members (excludes halogenated alkanes) is 31. The van der Waals surface area contributed by atoms with Crippen molar-refractivity contribution in [3.05, 3.63) is 0 Å². The minimum Gasteiger partial charge on any atom is -0.462 e. The van der Waals surface area contributed by atoms with Gasteiger partial charge in [-0.3, -0.25) is 37.3 Å². The van der Waals surface area contributed by atoms with E-state index in [9.17, 15) is 43.2 Å². The van der Waals surface area contributed by atoms with E-state index < -0.39 is 97.5 Å². The quantitative estimate of drug-likeness (QED) is 0.0222. The molecule has 17 nitrogen and oxygen atoms in total. The van der Waals surface area contributed by atoms with Gasteiger partial charge in [-0.05, 0) is 49.4 Å². The molecule has 0 rings (SSSR count). The van der Waals surface area contributed by atoms with Crippen LogP contribution in [0.15, 0.2) is 0 Å². The van der Waals surface area contributed by atoms with Gasteiger partial charge >= 0.3 is 39.5 Å². The van der Waals surface area contributed by atoms with Crippen molar-refractivity contribution in [2.24, 2.45) is 23.7 Å². The first-order valence-electron chi connectivity index (χ1n) is 36.3. The Labute approximate surface area is 543 Å². The third-order valence-corrected chi connectivity index (χ3v) is 18.7. The van der Waals surface area contributed by atoms with Crippen molar-refractivity contribution >= 4 is 39.5 Å². The molecule has 5 unspecified atom stereocenters. The molecule has 0 radical (unpaired) electrons. The number of ether oxygens (including phenoxy) is 4. The summed E-state index contributed by atoms with van der Waals surface area (Å²) in [4.78, 5) is 72.6. The van der Waals surface area contributed by atoms with E-state index in [1.165, 1.54) is 148 Å². The Morgan fingerprint density at radius 1 is 0.315 bits per heavy atom. The number of carbonyl (C=O) groups is 4. The Morgan fingerprint density at radius 3 is 0.798 bits per heavy atom. The summed E-state index contributed by atoms with van der Waals surface area (Å²) >= 11 is 0. The number of aliphatic hydroxyl groups excluding tert-OH is 1. The van der Waals surface area contributed by atoms with Crippen molar-refractivity contribution in [3.63, 3.8) is 0 Å². The van der Waals surface area contributed by atoms with Crippen LogP contribution in [0.3, 0.4) is 0 Å². The van der Waals surface area contributed by atoms with Gasteiger partial charge in [-0.2, -0.15) is 0 Å². The van der Waals surface area contributed by atoms with Crippen molar-refractivity contribution in [3.8, 4) is 0 Å². The number of hydrogen-bond acceptors (Lipinski definition) is 15. The molecule has 0 amide bonds. The summed E-state index contributed by atoms with van der Waals surface area (Å²) in [7, 11) is -9.90. The summed E-state index contributed by atoms with van der Waals surface area (Å²) in [5.74, 6) is 0.908. The highest BCUT2D eigenvalue weighted by Gasteiger charge is 2.30. The summed E-state index contributed by atoms with van der Waals surface area (Å²) in [6.45, 7) is 14.1. The van der Waals surface area contributed by atoms with Gasteiger partial charge in [0.05, 0.1) is 26.4 Å². The Balaban J connectivity index is 5.28. The predicted octanol–water partition coefficient (Wildman–Crippen LogP) is 19.7. The smallest absolute Gasteiger partial charge is 0.462 e. The van der Waals surface area contributed by atoms with Crippen LogP contribution in [0.25, 0.3) is 0 Å². The van der Waals surface area contributed by atoms with Gasteiger partial charge < -0.3 is 33.8 Å². The molecule has 0 aromatic carbocycles. The average molecular weight is 1310 g/mol. The highest BCUT2D eigenvalue weighted by molar-refractivity contribution is 7.47. The summed E-state index contributed by atoms with van der Waals surface area (Å²) < 4.78 is 68.3. The number of phosphoric ester groups is 2. The Hall–Kier alpha value is -1.94. The van der Waals surface area contributed by atoms with Gasteiger partial charge in [-0.1, -0.05) is 293 Å². The maximum Gasteiger partial charge on any atom is 0.472 e. The van der Waals surface area contributed by atoms with Crippen molar-refractivity contribution in [1.82, 2.24) is 0 Å². The van der Waals surface area contributed by atoms with Gasteiger partial charge in [0.25, 0.3) is 0 Å². The number of esters is 4. The molecule has 7 atom stereocenters. The van der Waals surface area contributed by atoms with Gasteiger partial charge in [0.15, 0.2) is 12.2 Å². The molecule has 0 aromatic heterocycles. The Morgan fingerprint density at radius 2 is 0.539 bits per heavy atom. The summed E-state index contributed by atoms with van der Waals surface area (Å²) in [6.07, 6.45) is 41.6. The second kappa shape index (κ2) is 59.8. The lowest BCUT2D eigenvalue weighted by Crippen LogP contribution is -2.30. The molecular formula is C70H136O17P2. The standard InChI is InChI=1S/C70H136O17P2/c1-9-62(7)48-40-32-24-17-20-27-35-43-51-68(73)81-56-65(86-69(74)52-44-36-28-15-13-11-12-14-22-30-38-46-60(3)4)58-84-88(76,77)82-54-64(71)55-83-89(78,79)85-59-66(57-80-67(72)50-42-34-26-19-16-23-31-39-47-61(5)6)87-70(75)53-45-37-29-21-18-25-33-41-49-63(8)10-2/h60-66,71H,9-59H2,1-8H3,(H,76,77)(H,78,79)/t62?,63?,64?,65-,66-/m1/s1. The van der Waals surface area contributed by atoms with Crippen LogP contribution in [0.5, 0.6) is 0 Å². The third-order valence-electron chi connectivity index (χ3n) is 16.8. The first kappa shape index (κ1) is 87.1. The first-order chi connectivity index (χ1) is 42.7. The summed E-state index contributed by atoms with van der Waals surface area (Å²) in [5, 5.41) is 10.6. The van der Waals surface area contributed by atoms with Crippen LogP contribution in [-0.2, 0) is 65.4 Å². The number of hydrogen-bond donors (Lipinski definition) is 3. The van der Waals surface area contributed by atoms with Crippen LogP contribution in [0.2, 0.25) is 0 Å². The molecular weight excluding hydrogens is 1170 g/mol. The predicted molar refractivity (Wildman–Crippen MR) is 358 cm³/mol. The van der Waals surface area contributed by atoms with Crippen molar-refractivity contribution in [2.75, 3.05) is 39.6 Å². The Kier molecular flexibility index (Phi) is 58.5. The highest BCUT2D eigenvalue weighted by Crippen LogP contribution is 2.45. The summed E-state index contributed by atoms with van der Waals surface area (Å²) in [5.41, 5.74) is 0. The van der Waals surface area contributed by atoms with E-state index in [1.807, 2.05) is 0 Å². The molecule has 0 fully saturated rings. The lowest BCUT2D eigenvalue weighted by Gasteiger charge is -2.21. The molecule has 0 aliphatic rings. The van der Waals surface area contributed by atoms with E-state index in [1.54, 1.807) is 0 Å². The molecule has 528 valence electrons. The fourth-order valence-electron chi connectivity index (χ4n) is 10.4. The SMILES string of the molecule is CCC(C)CCCCCCCCCCC(=O)OC[C@H](COP(=O)(O)OCC(O)COP(=O)(O)OC[C@@H](COC(=O)CCCCCCCCCCC(C)C)OC(=O)CCCCCCCCCCC(C)CC)OC(=O)CCCCCCCCCCCCCC(C)C. The van der Waals surface area contributed by atoms with Crippen LogP contribution in [-0.4, -0.2) is 96.7 Å². The second-order valence-electron chi connectivity index (χ2n) is 26.7. The fraction of sp³-hybridized carbons (Fsp3) is 0.943. The van der Waals surface area contributed by atoms with Gasteiger partial charge in [0.1, 0.15) is 19.3 Å². The van der Waals surface area contributed by atoms with Gasteiger partial charge in [-0.25, -0.2) is 9.13 Å². The zero-order valence-corrected chi connectivity index (χ0v) is 59.8. The minimum atomic E-state index is -4.95. The zero-order chi connectivity index (χ0) is 66.1. The van der Waals surface area contributed by atoms with Crippen LogP contribution >= 0.6 is 15.6 Å². The van der Waals surface area contributed by atoms with E-state index in [2.05, 4.69) is 55.4 Å².